The monoisotopic (exact) mass is 485 g/mol. The molecule has 1 fully saturated rings. The first kappa shape index (κ1) is 25.0. The van der Waals surface area contributed by atoms with Crippen molar-refractivity contribution in [3.63, 3.8) is 0 Å². The lowest BCUT2D eigenvalue weighted by Crippen LogP contribution is -2.38. The van der Waals surface area contributed by atoms with E-state index in [-0.39, 0.29) is 24.1 Å². The first-order valence-corrected chi connectivity index (χ1v) is 12.0. The highest BCUT2D eigenvalue weighted by atomic mass is 16.4. The molecule has 2 aliphatic rings. The average Bonchev–Trinajstić information content (AvgIpc) is 3.64. The molecule has 1 unspecified atom stereocenters. The molecule has 36 heavy (non-hydrogen) atoms. The van der Waals surface area contributed by atoms with Gasteiger partial charge in [0.15, 0.2) is 5.82 Å². The Morgan fingerprint density at radius 2 is 1.97 bits per heavy atom. The van der Waals surface area contributed by atoms with E-state index < -0.39 is 11.4 Å². The van der Waals surface area contributed by atoms with Gasteiger partial charge in [-0.05, 0) is 50.2 Å². The number of benzene rings is 1. The predicted molar refractivity (Wildman–Crippen MR) is 141 cm³/mol. The number of aryl methyl sites for hydroxylation is 1. The number of nitrogens with one attached hydrogen (secondary N) is 1. The molecule has 8 nitrogen and oxygen atoms in total. The number of aromatic nitrogens is 2. The number of anilines is 2. The number of carbonyl (C=O) groups is 2. The molecule has 2 aromatic rings. The van der Waals surface area contributed by atoms with E-state index in [4.69, 9.17) is 15.8 Å². The molecule has 8 heteroatoms. The van der Waals surface area contributed by atoms with Crippen LogP contribution in [0.1, 0.15) is 55.6 Å². The Kier molecular flexibility index (Phi) is 6.88. The number of amides is 1. The van der Waals surface area contributed by atoms with E-state index in [0.717, 1.165) is 35.1 Å². The number of nitrogens with zero attached hydrogens (tertiary/aromatic N) is 3. The van der Waals surface area contributed by atoms with Crippen LogP contribution in [-0.2, 0) is 21.4 Å². The van der Waals surface area contributed by atoms with E-state index in [9.17, 15) is 9.59 Å². The van der Waals surface area contributed by atoms with Crippen LogP contribution >= 0.6 is 0 Å². The van der Waals surface area contributed by atoms with E-state index in [0.29, 0.717) is 29.3 Å². The lowest BCUT2D eigenvalue weighted by Gasteiger charge is -2.28. The highest BCUT2D eigenvalue weighted by Gasteiger charge is 2.59. The van der Waals surface area contributed by atoms with Gasteiger partial charge in [-0.3, -0.25) is 14.6 Å². The summed E-state index contributed by atoms with van der Waals surface area (Å²) >= 11 is 0. The number of fused-ring (bicyclic) bond motifs is 1. The number of nitrogen functional groups attached to an aromatic ring is 1. The maximum Gasteiger partial charge on any atom is 0.303 e. The highest BCUT2D eigenvalue weighted by Crippen LogP contribution is 2.57. The Morgan fingerprint density at radius 1 is 1.28 bits per heavy atom. The molecule has 1 aliphatic heterocycles. The summed E-state index contributed by atoms with van der Waals surface area (Å²) in [5.74, 6) is 0.0756. The van der Waals surface area contributed by atoms with E-state index in [1.807, 2.05) is 50.3 Å². The summed E-state index contributed by atoms with van der Waals surface area (Å²) in [6.45, 7) is 7.69. The van der Waals surface area contributed by atoms with Gasteiger partial charge in [-0.1, -0.05) is 54.6 Å². The van der Waals surface area contributed by atoms with E-state index in [1.165, 1.54) is 0 Å². The number of carboxylic acid groups (broad SMARTS) is 1. The third kappa shape index (κ3) is 4.34. The van der Waals surface area contributed by atoms with Crippen LogP contribution in [0.4, 0.5) is 11.6 Å². The maximum absolute atomic E-state index is 13.6. The van der Waals surface area contributed by atoms with Crippen molar-refractivity contribution in [1.82, 2.24) is 9.97 Å². The van der Waals surface area contributed by atoms with Gasteiger partial charge in [-0.25, -0.2) is 9.97 Å². The van der Waals surface area contributed by atoms with Crippen molar-refractivity contribution in [1.29, 1.82) is 0 Å². The Morgan fingerprint density at radius 3 is 2.53 bits per heavy atom. The fourth-order valence-electron chi connectivity index (χ4n) is 4.97. The molecule has 186 valence electrons. The smallest absolute Gasteiger partial charge is 0.303 e. The summed E-state index contributed by atoms with van der Waals surface area (Å²) in [6, 6.07) is 7.57. The molecule has 2 heterocycles. The molecule has 0 bridgehead atoms. The topological polar surface area (TPSA) is 131 Å². The molecule has 1 atom stereocenters. The summed E-state index contributed by atoms with van der Waals surface area (Å²) in [4.78, 5) is 38.4. The van der Waals surface area contributed by atoms with Gasteiger partial charge in [-0.15, -0.1) is 0 Å². The van der Waals surface area contributed by atoms with Gasteiger partial charge in [0, 0.05) is 19.0 Å². The summed E-state index contributed by atoms with van der Waals surface area (Å²) in [6.07, 6.45) is 7.67. The van der Waals surface area contributed by atoms with Gasteiger partial charge >= 0.3 is 5.97 Å². The number of aliphatic imine (C=N–C) groups is 1. The highest BCUT2D eigenvalue weighted by molar-refractivity contribution is 6.14. The van der Waals surface area contributed by atoms with Crippen LogP contribution in [0, 0.1) is 5.92 Å². The number of aliphatic carboxylic acids is 1. The van der Waals surface area contributed by atoms with Crippen LogP contribution in [0.5, 0.6) is 0 Å². The minimum atomic E-state index is -0.977. The van der Waals surface area contributed by atoms with Gasteiger partial charge < -0.3 is 16.2 Å². The molecular formula is C28H31N5O3. The minimum Gasteiger partial charge on any atom is -0.481 e. The summed E-state index contributed by atoms with van der Waals surface area (Å²) in [5.41, 5.74) is 10.4. The quantitative estimate of drug-likeness (QED) is 0.360. The molecule has 0 saturated heterocycles. The first-order valence-electron chi connectivity index (χ1n) is 12.0. The summed E-state index contributed by atoms with van der Waals surface area (Å²) < 4.78 is 0. The van der Waals surface area contributed by atoms with Crippen molar-refractivity contribution >= 4 is 29.2 Å². The van der Waals surface area contributed by atoms with Crippen LogP contribution in [-0.4, -0.2) is 39.7 Å². The molecule has 1 aromatic heterocycles. The van der Waals surface area contributed by atoms with Gasteiger partial charge in [-0.2, -0.15) is 0 Å². The second-order valence-electron chi connectivity index (χ2n) is 9.36. The fourth-order valence-corrected chi connectivity index (χ4v) is 4.97. The lowest BCUT2D eigenvalue weighted by atomic mass is 9.71. The van der Waals surface area contributed by atoms with E-state index in [2.05, 4.69) is 21.9 Å². The predicted octanol–water partition coefficient (Wildman–Crippen LogP) is 4.22. The Bertz CT molecular complexity index is 1320. The van der Waals surface area contributed by atoms with Crippen LogP contribution in [0.25, 0.3) is 0 Å². The molecule has 0 spiro atoms. The van der Waals surface area contributed by atoms with E-state index in [1.54, 1.807) is 13.1 Å². The standard InChI is InChI=1S/C28H31N5O3/c1-5-6-7-20(16(2)3)23(30-4)26-31-24(29)22-25(32-26)33-27(36)28(22,19-13-14-19)18-11-8-17(9-12-18)10-15-21(34)35/h5-9,11-12,19H,1,10,13-15H2,2-4H3,(H,34,35)(H3,29,31,32,33,36)/b7-6-,30-23?. The molecule has 4 N–H and O–H groups in total. The summed E-state index contributed by atoms with van der Waals surface area (Å²) in [7, 11) is 1.67. The molecule has 4 rings (SSSR count). The molecule has 1 aliphatic carbocycles. The number of nitrogens with two attached hydrogens (primary N) is 1. The third-order valence-corrected chi connectivity index (χ3v) is 6.78. The van der Waals surface area contributed by atoms with Crippen LogP contribution in [0.15, 0.2) is 65.2 Å². The van der Waals surface area contributed by atoms with E-state index >= 15 is 0 Å². The number of hydrogen-bond donors (Lipinski definition) is 3. The molecule has 1 amide bonds. The zero-order valence-electron chi connectivity index (χ0n) is 20.8. The molecule has 0 radical (unpaired) electrons. The van der Waals surface area contributed by atoms with Crippen molar-refractivity contribution in [2.24, 2.45) is 10.9 Å². The Hall–Kier alpha value is -4.07. The van der Waals surface area contributed by atoms with Crippen molar-refractivity contribution < 1.29 is 14.7 Å². The second kappa shape index (κ2) is 9.89. The summed E-state index contributed by atoms with van der Waals surface area (Å²) in [5, 5.41) is 12.0. The second-order valence-corrected chi connectivity index (χ2v) is 9.36. The minimum absolute atomic E-state index is 0.0526. The first-order chi connectivity index (χ1) is 17.2. The average molecular weight is 486 g/mol. The van der Waals surface area contributed by atoms with Crippen molar-refractivity contribution in [2.75, 3.05) is 18.1 Å². The van der Waals surface area contributed by atoms with Crippen molar-refractivity contribution in [2.45, 2.75) is 44.9 Å². The number of carboxylic acids is 1. The molecule has 1 saturated carbocycles. The van der Waals surface area contributed by atoms with Gasteiger partial charge in [0.25, 0.3) is 0 Å². The van der Waals surface area contributed by atoms with Gasteiger partial charge in [0.1, 0.15) is 22.8 Å². The largest absolute Gasteiger partial charge is 0.481 e. The van der Waals surface area contributed by atoms with Gasteiger partial charge in [0.2, 0.25) is 5.91 Å². The number of rotatable bonds is 9. The number of allylic oxidation sites excluding steroid dienone is 5. The zero-order valence-corrected chi connectivity index (χ0v) is 20.8. The normalized spacial score (nSPS) is 19.2. The third-order valence-electron chi connectivity index (χ3n) is 6.78. The maximum atomic E-state index is 13.6. The fraction of sp³-hybridized carbons (Fsp3) is 0.321. The Balaban J connectivity index is 1.81. The number of carbonyl (C=O) groups excluding carboxylic acids is 1. The molecular weight excluding hydrogens is 454 g/mol. The van der Waals surface area contributed by atoms with Crippen molar-refractivity contribution in [3.05, 3.63) is 82.7 Å². The number of hydrogen-bond acceptors (Lipinski definition) is 6. The zero-order chi connectivity index (χ0) is 26.0. The van der Waals surface area contributed by atoms with Gasteiger partial charge in [0.05, 0.1) is 5.56 Å². The SMILES string of the molecule is C=C/C=C\C(C(=NC)c1nc(N)c2c(n1)NC(=O)C2(c1ccc(CCC(=O)O)cc1)C1CC1)=C(C)C. The van der Waals surface area contributed by atoms with Crippen molar-refractivity contribution in [3.8, 4) is 0 Å². The molecule has 1 aromatic carbocycles. The van der Waals surface area contributed by atoms with Crippen LogP contribution in [0.2, 0.25) is 0 Å². The van der Waals surface area contributed by atoms with Crippen LogP contribution in [0.3, 0.4) is 0 Å². The lowest BCUT2D eigenvalue weighted by molar-refractivity contribution is -0.137. The van der Waals surface area contributed by atoms with Crippen LogP contribution < -0.4 is 11.1 Å². The Labute approximate surface area is 210 Å².